The highest BCUT2D eigenvalue weighted by atomic mass is 16.6. The summed E-state index contributed by atoms with van der Waals surface area (Å²) in [6.07, 6.45) is 5.87. The Balaban J connectivity index is 2.51. The van der Waals surface area contributed by atoms with Crippen LogP contribution in [0.5, 0.6) is 0 Å². The molecule has 130 valence electrons. The third-order valence-corrected chi connectivity index (χ3v) is 4.44. The Morgan fingerprint density at radius 1 is 1.32 bits per heavy atom. The molecule has 1 saturated heterocycles. The third kappa shape index (κ3) is 8.02. The standard InChI is InChI=1S/C18H36N2O2/c1-6-7-14(2)12-16(15-8-10-19-11-9-15)13-20-17(21)22-18(3,4)5/h14-16,19H,6-13H2,1-5H3,(H,20,21)/t14-,16-/m0/s1. The monoisotopic (exact) mass is 312 g/mol. The highest BCUT2D eigenvalue weighted by molar-refractivity contribution is 5.67. The van der Waals surface area contributed by atoms with Gasteiger partial charge < -0.3 is 15.4 Å². The minimum atomic E-state index is -0.427. The van der Waals surface area contributed by atoms with Crippen molar-refractivity contribution >= 4 is 6.09 Å². The second kappa shape index (κ2) is 9.39. The zero-order valence-electron chi connectivity index (χ0n) is 15.2. The number of alkyl carbamates (subject to hydrolysis) is 1. The van der Waals surface area contributed by atoms with Crippen LogP contribution >= 0.6 is 0 Å². The van der Waals surface area contributed by atoms with E-state index in [1.165, 1.54) is 32.1 Å². The molecule has 1 aliphatic heterocycles. The van der Waals surface area contributed by atoms with Crippen molar-refractivity contribution in [2.75, 3.05) is 19.6 Å². The molecule has 0 aromatic heterocycles. The van der Waals surface area contributed by atoms with Gasteiger partial charge in [0, 0.05) is 6.54 Å². The first kappa shape index (κ1) is 19.3. The summed E-state index contributed by atoms with van der Waals surface area (Å²) >= 11 is 0. The van der Waals surface area contributed by atoms with Gasteiger partial charge in [-0.25, -0.2) is 4.79 Å². The molecule has 0 spiro atoms. The zero-order chi connectivity index (χ0) is 16.6. The summed E-state index contributed by atoms with van der Waals surface area (Å²) in [6, 6.07) is 0. The molecule has 0 radical (unpaired) electrons. The van der Waals surface area contributed by atoms with Crippen LogP contribution in [-0.2, 0) is 4.74 Å². The summed E-state index contributed by atoms with van der Waals surface area (Å²) in [5, 5.41) is 6.43. The predicted octanol–water partition coefficient (Wildman–Crippen LogP) is 3.95. The van der Waals surface area contributed by atoms with Crippen molar-refractivity contribution in [3.05, 3.63) is 0 Å². The molecule has 0 aliphatic carbocycles. The van der Waals surface area contributed by atoms with Crippen molar-refractivity contribution in [1.29, 1.82) is 0 Å². The molecule has 1 aliphatic rings. The molecule has 1 rings (SSSR count). The fraction of sp³-hybridized carbons (Fsp3) is 0.944. The van der Waals surface area contributed by atoms with E-state index in [-0.39, 0.29) is 6.09 Å². The summed E-state index contributed by atoms with van der Waals surface area (Å²) < 4.78 is 5.37. The van der Waals surface area contributed by atoms with E-state index in [0.29, 0.717) is 5.92 Å². The fourth-order valence-electron chi connectivity index (χ4n) is 3.41. The van der Waals surface area contributed by atoms with Gasteiger partial charge in [0.05, 0.1) is 0 Å². The van der Waals surface area contributed by atoms with E-state index in [1.54, 1.807) is 0 Å². The van der Waals surface area contributed by atoms with Crippen LogP contribution in [0.1, 0.15) is 66.7 Å². The molecule has 2 atom stereocenters. The van der Waals surface area contributed by atoms with Gasteiger partial charge in [0.1, 0.15) is 5.60 Å². The molecular formula is C18H36N2O2. The average molecular weight is 312 g/mol. The quantitative estimate of drug-likeness (QED) is 0.748. The predicted molar refractivity (Wildman–Crippen MR) is 92.0 cm³/mol. The van der Waals surface area contributed by atoms with E-state index < -0.39 is 5.60 Å². The second-order valence-corrected chi connectivity index (χ2v) is 7.86. The van der Waals surface area contributed by atoms with Gasteiger partial charge in [-0.1, -0.05) is 26.7 Å². The van der Waals surface area contributed by atoms with E-state index in [9.17, 15) is 4.79 Å². The zero-order valence-corrected chi connectivity index (χ0v) is 15.2. The highest BCUT2D eigenvalue weighted by Crippen LogP contribution is 2.28. The van der Waals surface area contributed by atoms with E-state index >= 15 is 0 Å². The van der Waals surface area contributed by atoms with Gasteiger partial charge >= 0.3 is 6.09 Å². The van der Waals surface area contributed by atoms with Crippen LogP contribution in [0.3, 0.4) is 0 Å². The van der Waals surface area contributed by atoms with Crippen LogP contribution < -0.4 is 10.6 Å². The van der Waals surface area contributed by atoms with Gasteiger partial charge in [0.2, 0.25) is 0 Å². The number of hydrogen-bond donors (Lipinski definition) is 2. The number of carbonyl (C=O) groups is 1. The van der Waals surface area contributed by atoms with E-state index in [4.69, 9.17) is 4.74 Å². The lowest BCUT2D eigenvalue weighted by Gasteiger charge is -2.33. The Bertz CT molecular complexity index is 320. The van der Waals surface area contributed by atoms with E-state index in [2.05, 4.69) is 24.5 Å². The summed E-state index contributed by atoms with van der Waals surface area (Å²) in [7, 11) is 0. The lowest BCUT2D eigenvalue weighted by atomic mass is 9.79. The van der Waals surface area contributed by atoms with Gasteiger partial charge in [-0.3, -0.25) is 0 Å². The SMILES string of the molecule is CCC[C@H](C)C[C@@H](CNC(=O)OC(C)(C)C)C1CCNCC1. The Kier molecular flexibility index (Phi) is 8.23. The summed E-state index contributed by atoms with van der Waals surface area (Å²) in [5.74, 6) is 2.01. The average Bonchev–Trinajstić information content (AvgIpc) is 2.43. The van der Waals surface area contributed by atoms with Crippen LogP contribution in [-0.4, -0.2) is 31.3 Å². The van der Waals surface area contributed by atoms with Crippen molar-refractivity contribution in [2.24, 2.45) is 17.8 Å². The van der Waals surface area contributed by atoms with Crippen molar-refractivity contribution in [3.8, 4) is 0 Å². The number of ether oxygens (including phenoxy) is 1. The summed E-state index contributed by atoms with van der Waals surface area (Å²) in [4.78, 5) is 11.9. The molecule has 0 aromatic rings. The van der Waals surface area contributed by atoms with Gasteiger partial charge in [-0.2, -0.15) is 0 Å². The van der Waals surface area contributed by atoms with Crippen LogP contribution in [0.4, 0.5) is 4.79 Å². The molecule has 22 heavy (non-hydrogen) atoms. The minimum absolute atomic E-state index is 0.283. The normalized spacial score (nSPS) is 19.5. The number of piperidine rings is 1. The Hall–Kier alpha value is -0.770. The van der Waals surface area contributed by atoms with Crippen molar-refractivity contribution in [3.63, 3.8) is 0 Å². The van der Waals surface area contributed by atoms with Crippen LogP contribution in [0.25, 0.3) is 0 Å². The lowest BCUT2D eigenvalue weighted by Crippen LogP contribution is -2.40. The number of nitrogens with one attached hydrogen (secondary N) is 2. The molecule has 0 unspecified atom stereocenters. The molecule has 2 N–H and O–H groups in total. The first-order valence-corrected chi connectivity index (χ1v) is 8.99. The maximum absolute atomic E-state index is 11.9. The summed E-state index contributed by atoms with van der Waals surface area (Å²) in [5.41, 5.74) is -0.427. The third-order valence-electron chi connectivity index (χ3n) is 4.44. The van der Waals surface area contributed by atoms with Gasteiger partial charge in [-0.05, 0) is 70.9 Å². The number of amides is 1. The molecule has 1 amide bonds. The van der Waals surface area contributed by atoms with Crippen LogP contribution in [0.15, 0.2) is 0 Å². The maximum Gasteiger partial charge on any atom is 0.407 e. The van der Waals surface area contributed by atoms with Gasteiger partial charge in [-0.15, -0.1) is 0 Å². The first-order chi connectivity index (χ1) is 10.3. The summed E-state index contributed by atoms with van der Waals surface area (Å²) in [6.45, 7) is 13.2. The molecule has 1 heterocycles. The lowest BCUT2D eigenvalue weighted by molar-refractivity contribution is 0.0505. The highest BCUT2D eigenvalue weighted by Gasteiger charge is 2.26. The molecule has 0 bridgehead atoms. The number of hydrogen-bond acceptors (Lipinski definition) is 3. The Morgan fingerprint density at radius 3 is 2.50 bits per heavy atom. The molecule has 0 aromatic carbocycles. The van der Waals surface area contributed by atoms with Crippen LogP contribution in [0, 0.1) is 17.8 Å². The molecule has 4 nitrogen and oxygen atoms in total. The topological polar surface area (TPSA) is 50.4 Å². The van der Waals surface area contributed by atoms with Crippen LogP contribution in [0.2, 0.25) is 0 Å². The smallest absolute Gasteiger partial charge is 0.407 e. The largest absolute Gasteiger partial charge is 0.444 e. The van der Waals surface area contributed by atoms with Gasteiger partial charge in [0.15, 0.2) is 0 Å². The minimum Gasteiger partial charge on any atom is -0.444 e. The number of rotatable bonds is 7. The van der Waals surface area contributed by atoms with E-state index in [1.807, 2.05) is 20.8 Å². The van der Waals surface area contributed by atoms with Crippen molar-refractivity contribution in [1.82, 2.24) is 10.6 Å². The Morgan fingerprint density at radius 2 is 1.95 bits per heavy atom. The number of carbonyl (C=O) groups excluding carboxylic acids is 1. The second-order valence-electron chi connectivity index (χ2n) is 7.86. The van der Waals surface area contributed by atoms with E-state index in [0.717, 1.165) is 31.5 Å². The first-order valence-electron chi connectivity index (χ1n) is 8.99. The molecule has 0 saturated carbocycles. The maximum atomic E-state index is 11.9. The molecule has 1 fully saturated rings. The molecule has 4 heteroatoms. The molecular weight excluding hydrogens is 276 g/mol. The fourth-order valence-corrected chi connectivity index (χ4v) is 3.41. The van der Waals surface area contributed by atoms with Crippen molar-refractivity contribution in [2.45, 2.75) is 72.3 Å². The van der Waals surface area contributed by atoms with Gasteiger partial charge in [0.25, 0.3) is 0 Å². The Labute approximate surface area is 136 Å². The van der Waals surface area contributed by atoms with Crippen molar-refractivity contribution < 1.29 is 9.53 Å².